The van der Waals surface area contributed by atoms with Gasteiger partial charge >= 0.3 is 6.36 Å². The van der Waals surface area contributed by atoms with Gasteiger partial charge in [-0.15, -0.1) is 24.5 Å². The van der Waals surface area contributed by atoms with Crippen LogP contribution in [0.3, 0.4) is 0 Å². The number of sulfonamides is 1. The molecular weight excluding hydrogens is 533 g/mol. The minimum atomic E-state index is -4.77. The van der Waals surface area contributed by atoms with Crippen LogP contribution >= 0.6 is 11.3 Å². The molecule has 3 aromatic rings. The Hall–Kier alpha value is -2.56. The lowest BCUT2D eigenvalue weighted by Crippen LogP contribution is -2.28. The van der Waals surface area contributed by atoms with E-state index < -0.39 is 16.4 Å². The van der Waals surface area contributed by atoms with Crippen molar-refractivity contribution in [2.24, 2.45) is 5.92 Å². The topological polar surface area (TPSA) is 67.4 Å². The van der Waals surface area contributed by atoms with Crippen molar-refractivity contribution >= 4 is 27.0 Å². The molecule has 0 aliphatic heterocycles. The molecule has 206 valence electrons. The van der Waals surface area contributed by atoms with Gasteiger partial charge in [0, 0.05) is 17.5 Å². The minimum Gasteiger partial charge on any atom is -0.406 e. The van der Waals surface area contributed by atoms with Crippen LogP contribution in [0.1, 0.15) is 57.4 Å². The predicted molar refractivity (Wildman–Crippen MR) is 146 cm³/mol. The summed E-state index contributed by atoms with van der Waals surface area (Å²) in [5.74, 6) is 0.413. The lowest BCUT2D eigenvalue weighted by Gasteiger charge is -2.21. The first-order chi connectivity index (χ1) is 18.1. The van der Waals surface area contributed by atoms with Crippen LogP contribution in [-0.4, -0.2) is 20.8 Å². The molecular formula is C28H33F3N2O3S2. The fourth-order valence-corrected chi connectivity index (χ4v) is 7.29. The van der Waals surface area contributed by atoms with Gasteiger partial charge in [-0.2, -0.15) is 0 Å². The zero-order chi connectivity index (χ0) is 27.2. The molecule has 0 radical (unpaired) electrons. The Balaban J connectivity index is 1.39. The van der Waals surface area contributed by atoms with Crippen LogP contribution in [0.5, 0.6) is 5.75 Å². The summed E-state index contributed by atoms with van der Waals surface area (Å²) >= 11 is 1.05. The maximum Gasteiger partial charge on any atom is 0.573 e. The van der Waals surface area contributed by atoms with Crippen molar-refractivity contribution in [3.8, 4) is 16.2 Å². The van der Waals surface area contributed by atoms with E-state index in [1.54, 1.807) is 18.2 Å². The summed E-state index contributed by atoms with van der Waals surface area (Å²) in [7, 11) is -3.85. The number of anilines is 1. The molecule has 10 heteroatoms. The summed E-state index contributed by atoms with van der Waals surface area (Å²) in [6.07, 6.45) is 4.22. The number of hydrogen-bond donors (Lipinski definition) is 2. The first kappa shape index (κ1) is 28.4. The molecule has 38 heavy (non-hydrogen) atoms. The van der Waals surface area contributed by atoms with Gasteiger partial charge in [0.05, 0.1) is 5.69 Å². The molecule has 1 fully saturated rings. The van der Waals surface area contributed by atoms with E-state index in [4.69, 9.17) is 0 Å². The quantitative estimate of drug-likeness (QED) is 0.244. The maximum absolute atomic E-state index is 13.2. The molecule has 0 saturated heterocycles. The molecule has 1 heterocycles. The second-order valence-electron chi connectivity index (χ2n) is 9.83. The van der Waals surface area contributed by atoms with E-state index in [0.717, 1.165) is 29.2 Å². The summed E-state index contributed by atoms with van der Waals surface area (Å²) in [5.41, 5.74) is 1.98. The SMILES string of the molecule is C[C@@H](CC1CCCCCC1)NCc1ccccc1NS(=O)(=O)c1ccc(-c2ccc(OC(F)(F)F)cc2)s1. The molecule has 5 nitrogen and oxygen atoms in total. The number of halogens is 3. The second-order valence-corrected chi connectivity index (χ2v) is 12.8. The van der Waals surface area contributed by atoms with E-state index in [1.165, 1.54) is 68.9 Å². The first-order valence-electron chi connectivity index (χ1n) is 12.9. The van der Waals surface area contributed by atoms with Crippen molar-refractivity contribution in [2.75, 3.05) is 4.72 Å². The van der Waals surface area contributed by atoms with Crippen LogP contribution in [-0.2, 0) is 16.6 Å². The molecule has 4 rings (SSSR count). The minimum absolute atomic E-state index is 0.118. The molecule has 2 aromatic carbocycles. The van der Waals surface area contributed by atoms with E-state index in [1.807, 2.05) is 12.1 Å². The largest absolute Gasteiger partial charge is 0.573 e. The highest BCUT2D eigenvalue weighted by molar-refractivity contribution is 7.94. The van der Waals surface area contributed by atoms with E-state index in [-0.39, 0.29) is 9.96 Å². The van der Waals surface area contributed by atoms with Gasteiger partial charge in [-0.1, -0.05) is 56.7 Å². The zero-order valence-electron chi connectivity index (χ0n) is 21.3. The molecule has 1 saturated carbocycles. The highest BCUT2D eigenvalue weighted by atomic mass is 32.2. The van der Waals surface area contributed by atoms with Crippen LogP contribution < -0.4 is 14.8 Å². The monoisotopic (exact) mass is 566 g/mol. The van der Waals surface area contributed by atoms with Gasteiger partial charge in [0.1, 0.15) is 9.96 Å². The lowest BCUT2D eigenvalue weighted by molar-refractivity contribution is -0.274. The van der Waals surface area contributed by atoms with Crippen LogP contribution in [0.15, 0.2) is 64.9 Å². The van der Waals surface area contributed by atoms with Crippen molar-refractivity contribution in [1.29, 1.82) is 0 Å². The molecule has 1 aliphatic rings. The van der Waals surface area contributed by atoms with Crippen LogP contribution in [0.2, 0.25) is 0 Å². The Morgan fingerprint density at radius 2 is 1.66 bits per heavy atom. The normalized spacial score (nSPS) is 16.1. The Morgan fingerprint density at radius 3 is 2.34 bits per heavy atom. The predicted octanol–water partition coefficient (Wildman–Crippen LogP) is 7.95. The summed E-state index contributed by atoms with van der Waals surface area (Å²) in [6, 6.07) is 16.1. The number of benzene rings is 2. The number of thiophene rings is 1. The van der Waals surface area contributed by atoms with Crippen LogP contribution in [0.25, 0.3) is 10.4 Å². The second kappa shape index (κ2) is 12.5. The molecule has 0 amide bonds. The number of alkyl halides is 3. The molecule has 1 aliphatic carbocycles. The van der Waals surface area contributed by atoms with Crippen molar-refractivity contribution < 1.29 is 26.3 Å². The van der Waals surface area contributed by atoms with Gasteiger partial charge in [-0.3, -0.25) is 4.72 Å². The van der Waals surface area contributed by atoms with Crippen molar-refractivity contribution in [3.63, 3.8) is 0 Å². The Kier molecular flexibility index (Phi) is 9.38. The number of nitrogens with one attached hydrogen (secondary N) is 2. The fourth-order valence-electron chi connectivity index (χ4n) is 4.88. The summed E-state index contributed by atoms with van der Waals surface area (Å²) in [4.78, 5) is 0.617. The first-order valence-corrected chi connectivity index (χ1v) is 15.2. The third kappa shape index (κ3) is 8.22. The maximum atomic E-state index is 13.2. The van der Waals surface area contributed by atoms with E-state index >= 15 is 0 Å². The van der Waals surface area contributed by atoms with Crippen molar-refractivity contribution in [2.45, 2.75) is 75.0 Å². The Morgan fingerprint density at radius 1 is 0.974 bits per heavy atom. The number of para-hydroxylation sites is 1. The zero-order valence-corrected chi connectivity index (χ0v) is 22.9. The van der Waals surface area contributed by atoms with Gasteiger partial charge in [0.15, 0.2) is 0 Å². The summed E-state index contributed by atoms with van der Waals surface area (Å²) in [6.45, 7) is 2.74. The smallest absolute Gasteiger partial charge is 0.406 e. The highest BCUT2D eigenvalue weighted by Gasteiger charge is 2.31. The van der Waals surface area contributed by atoms with E-state index in [9.17, 15) is 21.6 Å². The molecule has 1 atom stereocenters. The number of hydrogen-bond acceptors (Lipinski definition) is 5. The Labute approximate surface area is 226 Å². The van der Waals surface area contributed by atoms with Crippen LogP contribution in [0.4, 0.5) is 18.9 Å². The molecule has 2 N–H and O–H groups in total. The Bertz CT molecular complexity index is 1280. The van der Waals surface area contributed by atoms with Gasteiger partial charge in [-0.25, -0.2) is 8.42 Å². The molecule has 1 aromatic heterocycles. The molecule has 0 bridgehead atoms. The van der Waals surface area contributed by atoms with Gasteiger partial charge in [-0.05, 0) is 72.9 Å². The third-order valence-corrected chi connectivity index (χ3v) is 9.77. The van der Waals surface area contributed by atoms with Crippen molar-refractivity contribution in [3.05, 3.63) is 66.2 Å². The number of ether oxygens (including phenoxy) is 1. The average Bonchev–Trinajstić information content (AvgIpc) is 3.23. The number of rotatable bonds is 10. The van der Waals surface area contributed by atoms with Gasteiger partial charge in [0.2, 0.25) is 0 Å². The lowest BCUT2D eigenvalue weighted by atomic mass is 9.93. The third-order valence-electron chi connectivity index (χ3n) is 6.78. The summed E-state index contributed by atoms with van der Waals surface area (Å²) in [5, 5.41) is 3.56. The molecule has 0 spiro atoms. The van der Waals surface area contributed by atoms with Crippen molar-refractivity contribution in [1.82, 2.24) is 5.32 Å². The fraction of sp³-hybridized carbons (Fsp3) is 0.429. The standard InChI is InChI=1S/C28H33F3N2O3S2/c1-20(18-21-8-4-2-3-5-9-21)32-19-23-10-6-7-11-25(23)33-38(34,35)27-17-16-26(37-27)22-12-14-24(15-13-22)36-28(29,30)31/h6-7,10-17,20-21,32-33H,2-5,8-9,18-19H2,1H3/t20-/m0/s1. The summed E-state index contributed by atoms with van der Waals surface area (Å²) < 4.78 is 70.3. The average molecular weight is 567 g/mol. The van der Waals surface area contributed by atoms with Gasteiger partial charge < -0.3 is 10.1 Å². The van der Waals surface area contributed by atoms with Gasteiger partial charge in [0.25, 0.3) is 10.0 Å². The molecule has 0 unspecified atom stereocenters. The van der Waals surface area contributed by atoms with E-state index in [2.05, 4.69) is 21.7 Å². The highest BCUT2D eigenvalue weighted by Crippen LogP contribution is 2.34. The van der Waals surface area contributed by atoms with Crippen LogP contribution in [0, 0.1) is 5.92 Å². The van der Waals surface area contributed by atoms with E-state index in [0.29, 0.717) is 28.7 Å².